The largest absolute Gasteiger partial charge is 0.352 e. The van der Waals surface area contributed by atoms with Crippen LogP contribution >= 0.6 is 28.1 Å². The van der Waals surface area contributed by atoms with Crippen LogP contribution in [0.5, 0.6) is 0 Å². The van der Waals surface area contributed by atoms with Gasteiger partial charge in [0.1, 0.15) is 0 Å². The van der Waals surface area contributed by atoms with E-state index in [2.05, 4.69) is 59.2 Å². The van der Waals surface area contributed by atoms with Gasteiger partial charge in [-0.1, -0.05) is 46.3 Å². The number of thiocarbonyl (C=S) groups is 1. The second-order valence-electron chi connectivity index (χ2n) is 8.27. The van der Waals surface area contributed by atoms with Gasteiger partial charge >= 0.3 is 0 Å². The number of hydrogen-bond donors (Lipinski definition) is 2. The van der Waals surface area contributed by atoms with Gasteiger partial charge in [-0.15, -0.1) is 0 Å². The Labute approximate surface area is 218 Å². The summed E-state index contributed by atoms with van der Waals surface area (Å²) in [6.07, 6.45) is 4.15. The molecule has 5 rings (SSSR count). The Kier molecular flexibility index (Phi) is 6.92. The molecule has 8 heteroatoms. The number of nitrogens with one attached hydrogen (secondary N) is 2. The van der Waals surface area contributed by atoms with Gasteiger partial charge in [-0.25, -0.2) is 0 Å². The van der Waals surface area contributed by atoms with Gasteiger partial charge in [-0.2, -0.15) is 0 Å². The summed E-state index contributed by atoms with van der Waals surface area (Å²) < 4.78 is 3.17. The highest BCUT2D eigenvalue weighted by Crippen LogP contribution is 2.39. The molecule has 1 saturated heterocycles. The molecule has 1 fully saturated rings. The highest BCUT2D eigenvalue weighted by atomic mass is 79.9. The molecule has 0 aliphatic carbocycles. The number of carbonyl (C=O) groups excluding carboxylic acids is 1. The highest BCUT2D eigenvalue weighted by Gasteiger charge is 2.41. The number of anilines is 1. The molecular weight excluding hydrogens is 522 g/mol. The van der Waals surface area contributed by atoms with Crippen LogP contribution in [0.25, 0.3) is 5.69 Å². The van der Waals surface area contributed by atoms with Gasteiger partial charge in [0.2, 0.25) is 5.91 Å². The van der Waals surface area contributed by atoms with Gasteiger partial charge < -0.3 is 20.1 Å². The number of benzene rings is 2. The van der Waals surface area contributed by atoms with Crippen molar-refractivity contribution in [1.29, 1.82) is 0 Å². The van der Waals surface area contributed by atoms with Crippen molar-refractivity contribution in [3.63, 3.8) is 0 Å². The summed E-state index contributed by atoms with van der Waals surface area (Å²) in [5.74, 6) is -0.0543. The molecule has 2 aromatic carbocycles. The third kappa shape index (κ3) is 5.13. The second kappa shape index (κ2) is 10.4. The Balaban J connectivity index is 1.45. The van der Waals surface area contributed by atoms with Gasteiger partial charge in [0.05, 0.1) is 17.8 Å². The maximum atomic E-state index is 12.7. The van der Waals surface area contributed by atoms with Crippen molar-refractivity contribution in [1.82, 2.24) is 19.8 Å². The monoisotopic (exact) mass is 545 g/mol. The Morgan fingerprint density at radius 2 is 1.86 bits per heavy atom. The number of amides is 1. The molecule has 2 aromatic heterocycles. The van der Waals surface area contributed by atoms with E-state index in [1.165, 1.54) is 0 Å². The molecule has 176 valence electrons. The lowest BCUT2D eigenvalue weighted by atomic mass is 10.0. The zero-order valence-electron chi connectivity index (χ0n) is 18.8. The van der Waals surface area contributed by atoms with Crippen LogP contribution in [0.15, 0.2) is 102 Å². The molecule has 4 aromatic rings. The molecule has 1 amide bonds. The van der Waals surface area contributed by atoms with Crippen molar-refractivity contribution in [3.8, 4) is 5.69 Å². The minimum absolute atomic E-state index is 0.0543. The maximum Gasteiger partial charge on any atom is 0.226 e. The summed E-state index contributed by atoms with van der Waals surface area (Å²) in [6.45, 7) is 0.474. The van der Waals surface area contributed by atoms with E-state index in [9.17, 15) is 4.79 Å². The second-order valence-corrected chi connectivity index (χ2v) is 9.57. The fraction of sp³-hybridized carbons (Fsp3) is 0.148. The summed E-state index contributed by atoms with van der Waals surface area (Å²) in [4.78, 5) is 19.4. The minimum Gasteiger partial charge on any atom is -0.352 e. The van der Waals surface area contributed by atoms with E-state index in [-0.39, 0.29) is 18.0 Å². The third-order valence-electron chi connectivity index (χ3n) is 6.00. The smallest absolute Gasteiger partial charge is 0.226 e. The Morgan fingerprint density at radius 1 is 1.03 bits per heavy atom. The standard InChI is InChI=1S/C27H24BrN5OS/c28-19-8-6-11-21(18-19)32-16-7-13-23(32)26-25(22-12-4-5-15-29-22)31-27(35)33(26)17-14-24(34)30-20-9-2-1-3-10-20/h1-13,15-16,18,25-26H,14,17H2,(H,30,34)(H,31,35). The predicted molar refractivity (Wildman–Crippen MR) is 145 cm³/mol. The first kappa shape index (κ1) is 23.3. The topological polar surface area (TPSA) is 62.2 Å². The van der Waals surface area contributed by atoms with E-state index in [0.29, 0.717) is 18.1 Å². The van der Waals surface area contributed by atoms with Crippen LogP contribution in [-0.4, -0.2) is 32.0 Å². The summed E-state index contributed by atoms with van der Waals surface area (Å²) in [6, 6.07) is 27.4. The number of para-hydroxylation sites is 1. The summed E-state index contributed by atoms with van der Waals surface area (Å²) in [7, 11) is 0. The lowest BCUT2D eigenvalue weighted by molar-refractivity contribution is -0.116. The molecule has 0 bridgehead atoms. The molecule has 6 nitrogen and oxygen atoms in total. The minimum atomic E-state index is -0.151. The number of hydrogen-bond acceptors (Lipinski definition) is 3. The quantitative estimate of drug-likeness (QED) is 0.294. The van der Waals surface area contributed by atoms with E-state index in [1.54, 1.807) is 6.20 Å². The lowest BCUT2D eigenvalue weighted by Crippen LogP contribution is -2.33. The molecule has 2 atom stereocenters. The van der Waals surface area contributed by atoms with E-state index in [1.807, 2.05) is 72.9 Å². The summed E-state index contributed by atoms with van der Waals surface area (Å²) in [5.41, 5.74) is 3.79. The molecule has 0 spiro atoms. The Bertz CT molecular complexity index is 1330. The van der Waals surface area contributed by atoms with Crippen LogP contribution < -0.4 is 10.6 Å². The number of halogens is 1. The van der Waals surface area contributed by atoms with Crippen LogP contribution in [-0.2, 0) is 4.79 Å². The zero-order valence-corrected chi connectivity index (χ0v) is 21.2. The number of aromatic nitrogens is 2. The van der Waals surface area contributed by atoms with Crippen LogP contribution in [0.4, 0.5) is 5.69 Å². The number of carbonyl (C=O) groups is 1. The zero-order chi connectivity index (χ0) is 24.2. The van der Waals surface area contributed by atoms with Gasteiger partial charge in [0, 0.05) is 46.9 Å². The average Bonchev–Trinajstić information content (AvgIpc) is 3.48. The molecule has 1 aliphatic rings. The normalized spacial score (nSPS) is 17.3. The summed E-state index contributed by atoms with van der Waals surface area (Å²) in [5, 5.41) is 7.04. The van der Waals surface area contributed by atoms with Crippen LogP contribution in [0.3, 0.4) is 0 Å². The van der Waals surface area contributed by atoms with E-state index < -0.39 is 0 Å². The van der Waals surface area contributed by atoms with Gasteiger partial charge in [-0.05, 0) is 66.8 Å². The number of pyridine rings is 1. The first-order chi connectivity index (χ1) is 17.1. The Hall–Kier alpha value is -3.49. The summed E-state index contributed by atoms with van der Waals surface area (Å²) >= 11 is 9.35. The highest BCUT2D eigenvalue weighted by molar-refractivity contribution is 9.10. The predicted octanol–water partition coefficient (Wildman–Crippen LogP) is 5.64. The van der Waals surface area contributed by atoms with Gasteiger partial charge in [-0.3, -0.25) is 9.78 Å². The van der Waals surface area contributed by atoms with Crippen molar-refractivity contribution < 1.29 is 4.79 Å². The molecule has 1 aliphatic heterocycles. The van der Waals surface area contributed by atoms with E-state index in [4.69, 9.17) is 12.2 Å². The lowest BCUT2D eigenvalue weighted by Gasteiger charge is -2.29. The molecule has 0 saturated carbocycles. The molecule has 3 heterocycles. The Morgan fingerprint density at radius 3 is 2.63 bits per heavy atom. The van der Waals surface area contributed by atoms with Crippen molar-refractivity contribution in [2.75, 3.05) is 11.9 Å². The van der Waals surface area contributed by atoms with Crippen LogP contribution in [0.2, 0.25) is 0 Å². The van der Waals surface area contributed by atoms with Crippen LogP contribution in [0, 0.1) is 0 Å². The fourth-order valence-electron chi connectivity index (χ4n) is 4.43. The number of rotatable bonds is 7. The third-order valence-corrected chi connectivity index (χ3v) is 6.85. The van der Waals surface area contributed by atoms with Crippen molar-refractivity contribution >= 4 is 44.9 Å². The number of nitrogens with zero attached hydrogens (tertiary/aromatic N) is 3. The first-order valence-electron chi connectivity index (χ1n) is 11.4. The molecule has 2 N–H and O–H groups in total. The van der Waals surface area contributed by atoms with Gasteiger partial charge in [0.25, 0.3) is 0 Å². The molecule has 0 radical (unpaired) electrons. The average molecular weight is 546 g/mol. The first-order valence-corrected chi connectivity index (χ1v) is 12.6. The van der Waals surface area contributed by atoms with E-state index in [0.717, 1.165) is 27.2 Å². The molecule has 35 heavy (non-hydrogen) atoms. The van der Waals surface area contributed by atoms with E-state index >= 15 is 0 Å². The molecule has 2 unspecified atom stereocenters. The van der Waals surface area contributed by atoms with Crippen molar-refractivity contribution in [2.45, 2.75) is 18.5 Å². The van der Waals surface area contributed by atoms with Gasteiger partial charge in [0.15, 0.2) is 5.11 Å². The maximum absolute atomic E-state index is 12.7. The fourth-order valence-corrected chi connectivity index (χ4v) is 5.15. The van der Waals surface area contributed by atoms with Crippen molar-refractivity contribution in [3.05, 3.63) is 113 Å². The molecular formula is C27H24BrN5OS. The van der Waals surface area contributed by atoms with Crippen LogP contribution in [0.1, 0.15) is 29.9 Å². The SMILES string of the molecule is O=C(CCN1C(=S)NC(c2ccccn2)C1c1cccn1-c1cccc(Br)c1)Nc1ccccc1. The van der Waals surface area contributed by atoms with Crippen molar-refractivity contribution in [2.24, 2.45) is 0 Å².